The molecule has 9 heavy (non-hydrogen) atoms. The Morgan fingerprint density at radius 3 is 2.89 bits per heavy atom. The van der Waals surface area contributed by atoms with Gasteiger partial charge >= 0.3 is 0 Å². The fraction of sp³-hybridized carbons (Fsp3) is 0.625. The molecule has 2 atom stereocenters. The summed E-state index contributed by atoms with van der Waals surface area (Å²) in [5.41, 5.74) is 0. The van der Waals surface area contributed by atoms with Gasteiger partial charge in [0, 0.05) is 5.92 Å². The van der Waals surface area contributed by atoms with Gasteiger partial charge in [0.25, 0.3) is 0 Å². The monoisotopic (exact) mass is 124 g/mol. The molecule has 0 aliphatic heterocycles. The van der Waals surface area contributed by atoms with E-state index in [1.807, 2.05) is 6.08 Å². The second-order valence-corrected chi connectivity index (χ2v) is 2.80. The molecule has 0 N–H and O–H groups in total. The van der Waals surface area contributed by atoms with Gasteiger partial charge in [-0.15, -0.1) is 0 Å². The van der Waals surface area contributed by atoms with Crippen molar-refractivity contribution in [2.75, 3.05) is 0 Å². The summed E-state index contributed by atoms with van der Waals surface area (Å²) in [6.45, 7) is 2.18. The highest BCUT2D eigenvalue weighted by molar-refractivity contribution is 5.56. The molecule has 0 bridgehead atoms. The predicted octanol–water partition coefficient (Wildman–Crippen LogP) is 1.79. The van der Waals surface area contributed by atoms with Crippen LogP contribution in [-0.4, -0.2) is 6.29 Å². The lowest BCUT2D eigenvalue weighted by Crippen LogP contribution is -2.08. The summed E-state index contributed by atoms with van der Waals surface area (Å²) in [5, 5.41) is 0. The largest absolute Gasteiger partial charge is 0.303 e. The first-order chi connectivity index (χ1) is 4.33. The van der Waals surface area contributed by atoms with Crippen molar-refractivity contribution in [2.45, 2.75) is 19.8 Å². The van der Waals surface area contributed by atoms with Crippen LogP contribution in [-0.2, 0) is 4.79 Å². The van der Waals surface area contributed by atoms with Crippen LogP contribution < -0.4 is 0 Å². The van der Waals surface area contributed by atoms with E-state index in [2.05, 4.69) is 13.0 Å². The minimum absolute atomic E-state index is 0.203. The number of carbonyl (C=O) groups excluding carboxylic acids is 1. The van der Waals surface area contributed by atoms with Gasteiger partial charge in [0.15, 0.2) is 0 Å². The van der Waals surface area contributed by atoms with Gasteiger partial charge in [0.1, 0.15) is 6.29 Å². The Labute approximate surface area is 55.8 Å². The van der Waals surface area contributed by atoms with Crippen molar-refractivity contribution in [1.29, 1.82) is 0 Å². The number of allylic oxidation sites excluding steroid dienone is 2. The van der Waals surface area contributed by atoms with Gasteiger partial charge in [-0.1, -0.05) is 19.1 Å². The Morgan fingerprint density at radius 2 is 2.44 bits per heavy atom. The van der Waals surface area contributed by atoms with E-state index in [1.54, 1.807) is 0 Å². The zero-order valence-corrected chi connectivity index (χ0v) is 5.71. The number of carbonyl (C=O) groups is 1. The van der Waals surface area contributed by atoms with Crippen LogP contribution in [0.1, 0.15) is 19.8 Å². The molecule has 1 aliphatic carbocycles. The highest BCUT2D eigenvalue weighted by Crippen LogP contribution is 2.20. The van der Waals surface area contributed by atoms with E-state index >= 15 is 0 Å². The lowest BCUT2D eigenvalue weighted by molar-refractivity contribution is -0.110. The van der Waals surface area contributed by atoms with Gasteiger partial charge in [-0.05, 0) is 18.8 Å². The Bertz CT molecular complexity index is 127. The molecule has 0 aromatic heterocycles. The molecule has 0 amide bonds. The van der Waals surface area contributed by atoms with Crippen LogP contribution in [0, 0.1) is 11.8 Å². The second kappa shape index (κ2) is 2.81. The average molecular weight is 124 g/mol. The van der Waals surface area contributed by atoms with Crippen molar-refractivity contribution in [3.05, 3.63) is 12.2 Å². The summed E-state index contributed by atoms with van der Waals surface area (Å²) in [5.74, 6) is 0.902. The lowest BCUT2D eigenvalue weighted by atomic mass is 9.89. The number of rotatable bonds is 1. The smallest absolute Gasteiger partial charge is 0.126 e. The molecule has 0 saturated carbocycles. The Kier molecular flexibility index (Phi) is 2.04. The molecule has 0 saturated heterocycles. The third-order valence-electron chi connectivity index (χ3n) is 1.77. The maximum absolute atomic E-state index is 10.3. The number of hydrogen-bond donors (Lipinski definition) is 0. The van der Waals surface area contributed by atoms with Crippen molar-refractivity contribution in [3.8, 4) is 0 Å². The first-order valence-electron chi connectivity index (χ1n) is 3.45. The van der Waals surface area contributed by atoms with Gasteiger partial charge in [0.05, 0.1) is 0 Å². The lowest BCUT2D eigenvalue weighted by Gasteiger charge is -2.15. The summed E-state index contributed by atoms with van der Waals surface area (Å²) in [6.07, 6.45) is 7.33. The third-order valence-corrected chi connectivity index (χ3v) is 1.77. The SMILES string of the molecule is CC1CC=CC(C=O)C1. The third kappa shape index (κ3) is 1.67. The summed E-state index contributed by atoms with van der Waals surface area (Å²) < 4.78 is 0. The van der Waals surface area contributed by atoms with Gasteiger partial charge < -0.3 is 4.79 Å². The zero-order valence-electron chi connectivity index (χ0n) is 5.71. The number of hydrogen-bond acceptors (Lipinski definition) is 1. The van der Waals surface area contributed by atoms with Crippen molar-refractivity contribution < 1.29 is 4.79 Å². The van der Waals surface area contributed by atoms with E-state index in [0.717, 1.165) is 19.1 Å². The molecular weight excluding hydrogens is 112 g/mol. The van der Waals surface area contributed by atoms with E-state index < -0.39 is 0 Å². The first-order valence-corrected chi connectivity index (χ1v) is 3.45. The van der Waals surface area contributed by atoms with Crippen LogP contribution in [0.5, 0.6) is 0 Å². The minimum atomic E-state index is 0.203. The molecule has 0 spiro atoms. The maximum Gasteiger partial charge on any atom is 0.126 e. The summed E-state index contributed by atoms with van der Waals surface area (Å²) in [4.78, 5) is 10.3. The van der Waals surface area contributed by atoms with Gasteiger partial charge in [-0.25, -0.2) is 0 Å². The molecule has 1 rings (SSSR count). The molecule has 0 aromatic rings. The fourth-order valence-corrected chi connectivity index (χ4v) is 1.23. The highest BCUT2D eigenvalue weighted by Gasteiger charge is 2.11. The van der Waals surface area contributed by atoms with E-state index in [9.17, 15) is 4.79 Å². The summed E-state index contributed by atoms with van der Waals surface area (Å²) in [7, 11) is 0. The molecular formula is C8H12O. The number of aldehydes is 1. The van der Waals surface area contributed by atoms with E-state index in [4.69, 9.17) is 0 Å². The van der Waals surface area contributed by atoms with Crippen molar-refractivity contribution >= 4 is 6.29 Å². The molecule has 2 unspecified atom stereocenters. The molecule has 1 aliphatic rings. The molecule has 1 nitrogen and oxygen atoms in total. The van der Waals surface area contributed by atoms with E-state index in [-0.39, 0.29) is 5.92 Å². The molecule has 0 heterocycles. The molecule has 50 valence electrons. The highest BCUT2D eigenvalue weighted by atomic mass is 16.1. The normalized spacial score (nSPS) is 34.3. The van der Waals surface area contributed by atoms with Crippen LogP contribution in [0.4, 0.5) is 0 Å². The zero-order chi connectivity index (χ0) is 6.69. The average Bonchev–Trinajstić information content (AvgIpc) is 1.88. The van der Waals surface area contributed by atoms with Crippen molar-refractivity contribution in [2.24, 2.45) is 11.8 Å². The Morgan fingerprint density at radius 1 is 1.67 bits per heavy atom. The van der Waals surface area contributed by atoms with E-state index in [1.165, 1.54) is 0 Å². The molecule has 0 radical (unpaired) electrons. The van der Waals surface area contributed by atoms with Gasteiger partial charge in [-0.2, -0.15) is 0 Å². The molecule has 1 heteroatoms. The standard InChI is InChI=1S/C8H12O/c1-7-3-2-4-8(5-7)6-9/h2,4,6-8H,3,5H2,1H3. The Hall–Kier alpha value is -0.590. The topological polar surface area (TPSA) is 17.1 Å². The van der Waals surface area contributed by atoms with Crippen LogP contribution in [0.25, 0.3) is 0 Å². The summed E-state index contributed by atoms with van der Waals surface area (Å²) >= 11 is 0. The minimum Gasteiger partial charge on any atom is -0.303 e. The van der Waals surface area contributed by atoms with Crippen LogP contribution in [0.2, 0.25) is 0 Å². The maximum atomic E-state index is 10.3. The molecule has 0 fully saturated rings. The van der Waals surface area contributed by atoms with E-state index in [0.29, 0.717) is 5.92 Å². The predicted molar refractivity (Wildman–Crippen MR) is 37.1 cm³/mol. The summed E-state index contributed by atoms with van der Waals surface area (Å²) in [6, 6.07) is 0. The van der Waals surface area contributed by atoms with Crippen molar-refractivity contribution in [3.63, 3.8) is 0 Å². The van der Waals surface area contributed by atoms with Crippen molar-refractivity contribution in [1.82, 2.24) is 0 Å². The van der Waals surface area contributed by atoms with Crippen LogP contribution >= 0.6 is 0 Å². The Balaban J connectivity index is 2.48. The van der Waals surface area contributed by atoms with Gasteiger partial charge in [0.2, 0.25) is 0 Å². The van der Waals surface area contributed by atoms with Gasteiger partial charge in [-0.3, -0.25) is 0 Å². The fourth-order valence-electron chi connectivity index (χ4n) is 1.23. The quantitative estimate of drug-likeness (QED) is 0.384. The second-order valence-electron chi connectivity index (χ2n) is 2.80. The molecule has 0 aromatic carbocycles. The van der Waals surface area contributed by atoms with Crippen LogP contribution in [0.15, 0.2) is 12.2 Å². The van der Waals surface area contributed by atoms with Crippen LogP contribution in [0.3, 0.4) is 0 Å². The first kappa shape index (κ1) is 6.53.